The molecule has 3 rings (SSSR count). The Hall–Kier alpha value is -2.49. The summed E-state index contributed by atoms with van der Waals surface area (Å²) >= 11 is 0. The van der Waals surface area contributed by atoms with E-state index in [1.807, 2.05) is 31.2 Å². The number of hydrogen-bond donors (Lipinski definition) is 2. The normalized spacial score (nSPS) is 10.9. The van der Waals surface area contributed by atoms with E-state index in [2.05, 4.69) is 5.16 Å². The van der Waals surface area contributed by atoms with E-state index in [-0.39, 0.29) is 11.5 Å². The number of nitrogens with zero attached hydrogens (tertiary/aromatic N) is 1. The van der Waals surface area contributed by atoms with Crippen LogP contribution in [0.3, 0.4) is 0 Å². The van der Waals surface area contributed by atoms with E-state index in [9.17, 15) is 10.2 Å². The van der Waals surface area contributed by atoms with Crippen LogP contribution in [-0.4, -0.2) is 15.4 Å². The summed E-state index contributed by atoms with van der Waals surface area (Å²) < 4.78 is 5.17. The average molecular weight is 241 g/mol. The first-order chi connectivity index (χ1) is 8.66. The molecule has 0 fully saturated rings. The van der Waals surface area contributed by atoms with Crippen LogP contribution in [0.2, 0.25) is 0 Å². The van der Waals surface area contributed by atoms with E-state index in [1.54, 1.807) is 0 Å². The molecule has 0 saturated heterocycles. The van der Waals surface area contributed by atoms with Crippen LogP contribution in [0, 0.1) is 6.92 Å². The van der Waals surface area contributed by atoms with E-state index in [0.29, 0.717) is 16.7 Å². The largest absolute Gasteiger partial charge is 0.504 e. The molecule has 0 spiro atoms. The van der Waals surface area contributed by atoms with Gasteiger partial charge in [-0.1, -0.05) is 29.4 Å². The highest BCUT2D eigenvalue weighted by molar-refractivity contribution is 5.94. The molecule has 2 aromatic carbocycles. The molecule has 1 heterocycles. The van der Waals surface area contributed by atoms with Gasteiger partial charge in [0.15, 0.2) is 17.1 Å². The van der Waals surface area contributed by atoms with Crippen LogP contribution in [-0.2, 0) is 0 Å². The van der Waals surface area contributed by atoms with E-state index >= 15 is 0 Å². The molecule has 0 bridgehead atoms. The lowest BCUT2D eigenvalue weighted by atomic mass is 10.0. The van der Waals surface area contributed by atoms with Crippen molar-refractivity contribution < 1.29 is 14.7 Å². The first-order valence-corrected chi connectivity index (χ1v) is 5.54. The highest BCUT2D eigenvalue weighted by Crippen LogP contribution is 2.36. The van der Waals surface area contributed by atoms with Crippen molar-refractivity contribution >= 4 is 11.0 Å². The van der Waals surface area contributed by atoms with Crippen LogP contribution in [0.25, 0.3) is 22.2 Å². The highest BCUT2D eigenvalue weighted by atomic mass is 16.5. The number of aromatic hydroxyl groups is 2. The number of fused-ring (bicyclic) bond motifs is 1. The molecule has 0 amide bonds. The first kappa shape index (κ1) is 10.7. The van der Waals surface area contributed by atoms with Gasteiger partial charge in [0.05, 0.1) is 5.39 Å². The molecular weight excluding hydrogens is 230 g/mol. The Bertz CT molecular complexity index is 731. The van der Waals surface area contributed by atoms with Crippen LogP contribution < -0.4 is 0 Å². The maximum Gasteiger partial charge on any atom is 0.171 e. The van der Waals surface area contributed by atoms with Crippen LogP contribution in [0.5, 0.6) is 11.5 Å². The van der Waals surface area contributed by atoms with Crippen molar-refractivity contribution in [3.8, 4) is 22.8 Å². The number of phenols is 2. The van der Waals surface area contributed by atoms with Gasteiger partial charge < -0.3 is 14.7 Å². The molecule has 90 valence electrons. The van der Waals surface area contributed by atoms with Crippen LogP contribution >= 0.6 is 0 Å². The molecule has 18 heavy (non-hydrogen) atoms. The second-order valence-electron chi connectivity index (χ2n) is 4.18. The maximum absolute atomic E-state index is 9.56. The van der Waals surface area contributed by atoms with E-state index in [0.717, 1.165) is 11.1 Å². The SMILES string of the molecule is Cc1ccccc1-c1noc2cc(O)c(O)cc12. The number of rotatable bonds is 1. The predicted molar refractivity (Wildman–Crippen MR) is 67.5 cm³/mol. The Morgan fingerprint density at radius 3 is 2.56 bits per heavy atom. The predicted octanol–water partition coefficient (Wildman–Crippen LogP) is 3.21. The molecule has 0 aliphatic heterocycles. The number of phenolic OH excluding ortho intramolecular Hbond substituents is 2. The zero-order valence-electron chi connectivity index (χ0n) is 9.71. The lowest BCUT2D eigenvalue weighted by molar-refractivity contribution is 0.402. The Morgan fingerprint density at radius 2 is 1.78 bits per heavy atom. The van der Waals surface area contributed by atoms with Gasteiger partial charge >= 0.3 is 0 Å². The van der Waals surface area contributed by atoms with Crippen molar-refractivity contribution in [3.63, 3.8) is 0 Å². The topological polar surface area (TPSA) is 66.5 Å². The smallest absolute Gasteiger partial charge is 0.171 e. The van der Waals surface area contributed by atoms with Gasteiger partial charge in [-0.2, -0.15) is 0 Å². The van der Waals surface area contributed by atoms with Crippen LogP contribution in [0.4, 0.5) is 0 Å². The second kappa shape index (κ2) is 3.77. The molecule has 3 aromatic rings. The number of aryl methyl sites for hydroxylation is 1. The third kappa shape index (κ3) is 1.50. The lowest BCUT2D eigenvalue weighted by Gasteiger charge is -2.02. The fourth-order valence-corrected chi connectivity index (χ4v) is 2.00. The Labute approximate surface area is 103 Å². The summed E-state index contributed by atoms with van der Waals surface area (Å²) in [5.74, 6) is -0.393. The standard InChI is InChI=1S/C14H11NO3/c1-8-4-2-3-5-9(8)14-10-6-11(16)12(17)7-13(10)18-15-14/h2-7,16-17H,1H3. The fourth-order valence-electron chi connectivity index (χ4n) is 2.00. The number of aromatic nitrogens is 1. The third-order valence-corrected chi connectivity index (χ3v) is 2.97. The lowest BCUT2D eigenvalue weighted by Crippen LogP contribution is -1.82. The van der Waals surface area contributed by atoms with Gasteiger partial charge in [0.2, 0.25) is 0 Å². The minimum Gasteiger partial charge on any atom is -0.504 e. The summed E-state index contributed by atoms with van der Waals surface area (Å²) in [6.07, 6.45) is 0. The quantitative estimate of drug-likeness (QED) is 0.642. The molecular formula is C14H11NO3. The summed E-state index contributed by atoms with van der Waals surface area (Å²) in [7, 11) is 0. The van der Waals surface area contributed by atoms with Crippen molar-refractivity contribution in [2.75, 3.05) is 0 Å². The van der Waals surface area contributed by atoms with Crippen molar-refractivity contribution in [3.05, 3.63) is 42.0 Å². The molecule has 0 saturated carbocycles. The molecule has 4 nitrogen and oxygen atoms in total. The van der Waals surface area contributed by atoms with Gasteiger partial charge in [-0.05, 0) is 18.6 Å². The molecule has 0 aliphatic carbocycles. The zero-order chi connectivity index (χ0) is 12.7. The van der Waals surface area contributed by atoms with Crippen molar-refractivity contribution in [2.45, 2.75) is 6.92 Å². The minimum absolute atomic E-state index is 0.180. The van der Waals surface area contributed by atoms with E-state index in [4.69, 9.17) is 4.52 Å². The summed E-state index contributed by atoms with van der Waals surface area (Å²) in [6.45, 7) is 1.98. The number of benzene rings is 2. The summed E-state index contributed by atoms with van der Waals surface area (Å²) in [6, 6.07) is 10.6. The van der Waals surface area contributed by atoms with Gasteiger partial charge in [0.25, 0.3) is 0 Å². The average Bonchev–Trinajstić information content (AvgIpc) is 2.73. The van der Waals surface area contributed by atoms with Gasteiger partial charge in [0, 0.05) is 11.6 Å². The summed E-state index contributed by atoms with van der Waals surface area (Å²) in [5, 5.41) is 23.7. The molecule has 0 atom stereocenters. The third-order valence-electron chi connectivity index (χ3n) is 2.97. The minimum atomic E-state index is -0.213. The zero-order valence-corrected chi connectivity index (χ0v) is 9.71. The maximum atomic E-state index is 9.56. The molecule has 0 aliphatic rings. The van der Waals surface area contributed by atoms with Crippen LogP contribution in [0.15, 0.2) is 40.9 Å². The van der Waals surface area contributed by atoms with Gasteiger partial charge in [0.1, 0.15) is 5.69 Å². The molecule has 4 heteroatoms. The summed E-state index contributed by atoms with van der Waals surface area (Å²) in [4.78, 5) is 0. The first-order valence-electron chi connectivity index (χ1n) is 5.54. The molecule has 0 unspecified atom stereocenters. The molecule has 1 aromatic heterocycles. The molecule has 2 N–H and O–H groups in total. The van der Waals surface area contributed by atoms with Crippen LogP contribution in [0.1, 0.15) is 5.56 Å². The van der Waals surface area contributed by atoms with Gasteiger partial charge in [-0.15, -0.1) is 0 Å². The number of hydrogen-bond acceptors (Lipinski definition) is 4. The van der Waals surface area contributed by atoms with Crippen molar-refractivity contribution in [1.29, 1.82) is 0 Å². The van der Waals surface area contributed by atoms with E-state index in [1.165, 1.54) is 12.1 Å². The Morgan fingerprint density at radius 1 is 1.06 bits per heavy atom. The van der Waals surface area contributed by atoms with Gasteiger partial charge in [-0.25, -0.2) is 0 Å². The van der Waals surface area contributed by atoms with Gasteiger partial charge in [-0.3, -0.25) is 0 Å². The fraction of sp³-hybridized carbons (Fsp3) is 0.0714. The molecule has 0 radical (unpaired) electrons. The van der Waals surface area contributed by atoms with E-state index < -0.39 is 0 Å². The monoisotopic (exact) mass is 241 g/mol. The Balaban J connectivity index is 2.31. The highest BCUT2D eigenvalue weighted by Gasteiger charge is 2.14. The Kier molecular flexibility index (Phi) is 2.23. The summed E-state index contributed by atoms with van der Waals surface area (Å²) in [5.41, 5.74) is 3.13. The van der Waals surface area contributed by atoms with Crippen molar-refractivity contribution in [2.24, 2.45) is 0 Å². The van der Waals surface area contributed by atoms with Crippen molar-refractivity contribution in [1.82, 2.24) is 5.16 Å². The second-order valence-corrected chi connectivity index (χ2v) is 4.18.